The molecule has 2 heterocycles. The molecule has 0 fully saturated rings. The number of phenolic OH excluding ortho intramolecular Hbond substituents is 1. The maximum atomic E-state index is 12.4. The second-order valence-corrected chi connectivity index (χ2v) is 9.10. The van der Waals surface area contributed by atoms with Crippen molar-refractivity contribution in [3.8, 4) is 22.8 Å². The first-order chi connectivity index (χ1) is 15.4. The summed E-state index contributed by atoms with van der Waals surface area (Å²) >= 11 is 4.73. The minimum Gasteiger partial charge on any atom is -0.507 e. The smallest absolute Gasteiger partial charge is 0.230 e. The predicted octanol–water partition coefficient (Wildman–Crippen LogP) is 5.02. The summed E-state index contributed by atoms with van der Waals surface area (Å²) in [5.74, 6) is 1.30. The van der Waals surface area contributed by atoms with Gasteiger partial charge in [-0.15, -0.1) is 10.2 Å². The molecule has 0 saturated heterocycles. The van der Waals surface area contributed by atoms with Crippen LogP contribution < -0.4 is 5.32 Å². The molecule has 4 aromatic rings. The third-order valence-electron chi connectivity index (χ3n) is 4.80. The highest BCUT2D eigenvalue weighted by Crippen LogP contribution is 2.35. The molecule has 4 rings (SSSR count). The Morgan fingerprint density at radius 3 is 2.78 bits per heavy atom. The van der Waals surface area contributed by atoms with E-state index >= 15 is 0 Å². The fourth-order valence-electron chi connectivity index (χ4n) is 3.28. The van der Waals surface area contributed by atoms with Gasteiger partial charge in [-0.1, -0.05) is 45.4 Å². The van der Waals surface area contributed by atoms with Crippen molar-refractivity contribution in [3.05, 3.63) is 76.2 Å². The quantitative estimate of drug-likeness (QED) is 0.337. The molecule has 0 spiro atoms. The highest BCUT2D eigenvalue weighted by Gasteiger charge is 2.21. The van der Waals surface area contributed by atoms with Crippen LogP contribution >= 0.6 is 27.7 Å². The molecule has 32 heavy (non-hydrogen) atoms. The molecule has 0 aliphatic rings. The Balaban J connectivity index is 1.65. The molecule has 7 nitrogen and oxygen atoms in total. The number of hydrogen-bond acceptors (Lipinski definition) is 6. The van der Waals surface area contributed by atoms with Gasteiger partial charge in [-0.3, -0.25) is 9.36 Å². The molecular formula is C23H21BrN4O3S. The number of aromatic hydroxyl groups is 1. The first kappa shape index (κ1) is 22.2. The van der Waals surface area contributed by atoms with Crippen LogP contribution in [0.1, 0.15) is 16.9 Å². The van der Waals surface area contributed by atoms with Crippen molar-refractivity contribution in [2.45, 2.75) is 25.5 Å². The van der Waals surface area contributed by atoms with Crippen LogP contribution in [0.15, 0.2) is 68.8 Å². The van der Waals surface area contributed by atoms with Crippen LogP contribution in [0.2, 0.25) is 0 Å². The number of benzene rings is 2. The molecule has 0 atom stereocenters. The number of nitrogens with one attached hydrogen (secondary N) is 1. The Labute approximate surface area is 198 Å². The SMILES string of the molecule is Cc1ccc(-n2c(SCC(=O)NCc3ccco3)nnc2-c2cc(Br)ccc2O)c(C)c1. The molecule has 0 saturated carbocycles. The molecular weight excluding hydrogens is 492 g/mol. The Kier molecular flexibility index (Phi) is 6.66. The Bertz CT molecular complexity index is 1250. The molecule has 9 heteroatoms. The number of carbonyl (C=O) groups excluding carboxylic acids is 1. The maximum absolute atomic E-state index is 12.4. The first-order valence-corrected chi connectivity index (χ1v) is 11.6. The standard InChI is InChI=1S/C23H21BrN4O3S/c1-14-5-7-19(15(2)10-14)28-22(18-11-16(24)6-8-20(18)29)26-27-23(28)32-13-21(30)25-12-17-4-3-9-31-17/h3-11,29H,12-13H2,1-2H3,(H,25,30). The topological polar surface area (TPSA) is 93.2 Å². The first-order valence-electron chi connectivity index (χ1n) is 9.86. The van der Waals surface area contributed by atoms with Gasteiger partial charge in [0, 0.05) is 4.47 Å². The van der Waals surface area contributed by atoms with Gasteiger partial charge < -0.3 is 14.8 Å². The van der Waals surface area contributed by atoms with Gasteiger partial charge >= 0.3 is 0 Å². The summed E-state index contributed by atoms with van der Waals surface area (Å²) in [6.07, 6.45) is 1.57. The molecule has 2 aromatic heterocycles. The fourth-order valence-corrected chi connectivity index (χ4v) is 4.41. The zero-order chi connectivity index (χ0) is 22.7. The zero-order valence-electron chi connectivity index (χ0n) is 17.5. The van der Waals surface area contributed by atoms with Crippen molar-refractivity contribution >= 4 is 33.6 Å². The van der Waals surface area contributed by atoms with Crippen LogP contribution in [-0.2, 0) is 11.3 Å². The average molecular weight is 513 g/mol. The lowest BCUT2D eigenvalue weighted by Gasteiger charge is -2.14. The third kappa shape index (κ3) is 4.89. The number of carbonyl (C=O) groups is 1. The van der Waals surface area contributed by atoms with Gasteiger partial charge in [-0.25, -0.2) is 0 Å². The zero-order valence-corrected chi connectivity index (χ0v) is 19.9. The minimum atomic E-state index is -0.145. The third-order valence-corrected chi connectivity index (χ3v) is 6.22. The number of aryl methyl sites for hydroxylation is 2. The Morgan fingerprint density at radius 2 is 2.03 bits per heavy atom. The second kappa shape index (κ2) is 9.62. The predicted molar refractivity (Wildman–Crippen MR) is 127 cm³/mol. The van der Waals surface area contributed by atoms with Crippen molar-refractivity contribution < 1.29 is 14.3 Å². The van der Waals surface area contributed by atoms with Gasteiger partial charge in [0.1, 0.15) is 11.5 Å². The lowest BCUT2D eigenvalue weighted by Crippen LogP contribution is -2.24. The molecule has 2 N–H and O–H groups in total. The molecule has 2 aromatic carbocycles. The van der Waals surface area contributed by atoms with E-state index in [-0.39, 0.29) is 17.4 Å². The van der Waals surface area contributed by atoms with Crippen molar-refractivity contribution in [3.63, 3.8) is 0 Å². The van der Waals surface area contributed by atoms with Crippen LogP contribution in [-0.4, -0.2) is 31.5 Å². The number of aromatic nitrogens is 3. The van der Waals surface area contributed by atoms with Gasteiger partial charge in [-0.05, 0) is 55.8 Å². The van der Waals surface area contributed by atoms with Crippen molar-refractivity contribution in [2.24, 2.45) is 0 Å². The number of halogens is 1. The highest BCUT2D eigenvalue weighted by molar-refractivity contribution is 9.10. The molecule has 1 amide bonds. The number of hydrogen-bond donors (Lipinski definition) is 2. The second-order valence-electron chi connectivity index (χ2n) is 7.24. The van der Waals surface area contributed by atoms with E-state index in [1.807, 2.05) is 30.5 Å². The van der Waals surface area contributed by atoms with Crippen LogP contribution in [0.4, 0.5) is 0 Å². The van der Waals surface area contributed by atoms with Gasteiger partial charge in [0.05, 0.1) is 29.8 Å². The summed E-state index contributed by atoms with van der Waals surface area (Å²) in [5, 5.41) is 22.6. The number of rotatable bonds is 7. The van der Waals surface area contributed by atoms with E-state index in [4.69, 9.17) is 4.42 Å². The van der Waals surface area contributed by atoms with Gasteiger partial charge in [0.15, 0.2) is 11.0 Å². The average Bonchev–Trinajstić information content (AvgIpc) is 3.42. The van der Waals surface area contributed by atoms with E-state index in [9.17, 15) is 9.90 Å². The monoisotopic (exact) mass is 512 g/mol. The molecule has 0 unspecified atom stereocenters. The summed E-state index contributed by atoms with van der Waals surface area (Å²) in [4.78, 5) is 12.4. The van der Waals surface area contributed by atoms with E-state index in [0.29, 0.717) is 28.8 Å². The van der Waals surface area contributed by atoms with Crippen LogP contribution in [0.25, 0.3) is 17.1 Å². The van der Waals surface area contributed by atoms with Crippen molar-refractivity contribution in [2.75, 3.05) is 5.75 Å². The molecule has 0 radical (unpaired) electrons. The molecule has 0 aliphatic heterocycles. The van der Waals surface area contributed by atoms with E-state index in [1.165, 1.54) is 11.8 Å². The molecule has 0 aliphatic carbocycles. The number of nitrogens with zero attached hydrogens (tertiary/aromatic N) is 3. The molecule has 164 valence electrons. The van der Waals surface area contributed by atoms with Crippen molar-refractivity contribution in [1.82, 2.24) is 20.1 Å². The highest BCUT2D eigenvalue weighted by atomic mass is 79.9. The number of thioether (sulfide) groups is 1. The minimum absolute atomic E-state index is 0.0966. The maximum Gasteiger partial charge on any atom is 0.230 e. The normalized spacial score (nSPS) is 11.0. The van der Waals surface area contributed by atoms with Gasteiger partial charge in [0.2, 0.25) is 5.91 Å². The lowest BCUT2D eigenvalue weighted by atomic mass is 10.1. The van der Waals surface area contributed by atoms with Gasteiger partial charge in [-0.2, -0.15) is 0 Å². The summed E-state index contributed by atoms with van der Waals surface area (Å²) in [6, 6.07) is 14.8. The largest absolute Gasteiger partial charge is 0.507 e. The van der Waals surface area contributed by atoms with Gasteiger partial charge in [0.25, 0.3) is 0 Å². The number of phenols is 1. The Hall–Kier alpha value is -3.04. The summed E-state index contributed by atoms with van der Waals surface area (Å²) < 4.78 is 7.93. The molecule has 0 bridgehead atoms. The lowest BCUT2D eigenvalue weighted by molar-refractivity contribution is -0.118. The Morgan fingerprint density at radius 1 is 1.19 bits per heavy atom. The van der Waals surface area contributed by atoms with E-state index in [1.54, 1.807) is 36.6 Å². The summed E-state index contributed by atoms with van der Waals surface area (Å²) in [6.45, 7) is 4.37. The summed E-state index contributed by atoms with van der Waals surface area (Å²) in [5.41, 5.74) is 3.59. The van der Waals surface area contributed by atoms with E-state index in [2.05, 4.69) is 37.5 Å². The number of amides is 1. The van der Waals surface area contributed by atoms with E-state index < -0.39 is 0 Å². The van der Waals surface area contributed by atoms with Crippen LogP contribution in [0, 0.1) is 13.8 Å². The van der Waals surface area contributed by atoms with Crippen molar-refractivity contribution in [1.29, 1.82) is 0 Å². The fraction of sp³-hybridized carbons (Fsp3) is 0.174. The van der Waals surface area contributed by atoms with E-state index in [0.717, 1.165) is 21.3 Å². The summed E-state index contributed by atoms with van der Waals surface area (Å²) in [7, 11) is 0. The van der Waals surface area contributed by atoms with Crippen LogP contribution in [0.3, 0.4) is 0 Å². The number of furan rings is 1. The van der Waals surface area contributed by atoms with Crippen LogP contribution in [0.5, 0.6) is 5.75 Å².